The summed E-state index contributed by atoms with van der Waals surface area (Å²) in [6.07, 6.45) is -4.43. The molecule has 19 heavy (non-hydrogen) atoms. The van der Waals surface area contributed by atoms with E-state index in [0.29, 0.717) is 0 Å². The molecule has 2 rings (SSSR count). The van der Waals surface area contributed by atoms with E-state index in [-0.39, 0.29) is 5.56 Å². The highest BCUT2D eigenvalue weighted by atomic mass is 19.4. The summed E-state index contributed by atoms with van der Waals surface area (Å²) in [7, 11) is 0. The van der Waals surface area contributed by atoms with Crippen molar-refractivity contribution in [3.8, 4) is 11.1 Å². The van der Waals surface area contributed by atoms with Crippen molar-refractivity contribution in [3.63, 3.8) is 0 Å². The molecular weight excluding hydrogens is 251 g/mol. The van der Waals surface area contributed by atoms with Gasteiger partial charge in [0.05, 0.1) is 0 Å². The van der Waals surface area contributed by atoms with Gasteiger partial charge in [-0.25, -0.2) is 0 Å². The lowest BCUT2D eigenvalue weighted by atomic mass is 9.97. The van der Waals surface area contributed by atoms with Crippen LogP contribution < -0.4 is 5.73 Å². The highest BCUT2D eigenvalue weighted by molar-refractivity contribution is 5.67. The van der Waals surface area contributed by atoms with Gasteiger partial charge in [0.25, 0.3) is 0 Å². The Morgan fingerprint density at radius 2 is 1.68 bits per heavy atom. The van der Waals surface area contributed by atoms with E-state index < -0.39 is 12.2 Å². The monoisotopic (exact) mass is 265 g/mol. The van der Waals surface area contributed by atoms with Crippen LogP contribution in [-0.4, -0.2) is 6.18 Å². The SMILES string of the molecule is Cc1ccccc1-c1cccc(C(N)C(F)(F)F)c1. The van der Waals surface area contributed by atoms with Crippen LogP contribution in [-0.2, 0) is 0 Å². The maximum Gasteiger partial charge on any atom is 0.407 e. The molecule has 100 valence electrons. The lowest BCUT2D eigenvalue weighted by Crippen LogP contribution is -2.28. The fourth-order valence-electron chi connectivity index (χ4n) is 1.99. The van der Waals surface area contributed by atoms with Gasteiger partial charge in [-0.3, -0.25) is 0 Å². The Hall–Kier alpha value is -1.81. The van der Waals surface area contributed by atoms with E-state index in [0.717, 1.165) is 16.7 Å². The first-order valence-electron chi connectivity index (χ1n) is 5.88. The van der Waals surface area contributed by atoms with Crippen molar-refractivity contribution in [2.24, 2.45) is 5.73 Å². The molecule has 0 spiro atoms. The smallest absolute Gasteiger partial charge is 0.316 e. The summed E-state index contributed by atoms with van der Waals surface area (Å²) < 4.78 is 37.9. The van der Waals surface area contributed by atoms with Gasteiger partial charge in [0.2, 0.25) is 0 Å². The molecule has 2 N–H and O–H groups in total. The second-order valence-electron chi connectivity index (χ2n) is 4.46. The van der Waals surface area contributed by atoms with E-state index >= 15 is 0 Å². The molecule has 0 saturated carbocycles. The topological polar surface area (TPSA) is 26.0 Å². The molecule has 1 nitrogen and oxygen atoms in total. The predicted octanol–water partition coefficient (Wildman–Crippen LogP) is 4.22. The van der Waals surface area contributed by atoms with Crippen LogP contribution in [0.3, 0.4) is 0 Å². The van der Waals surface area contributed by atoms with Crippen LogP contribution in [0, 0.1) is 6.92 Å². The van der Waals surface area contributed by atoms with Crippen LogP contribution in [0.5, 0.6) is 0 Å². The van der Waals surface area contributed by atoms with Crippen LogP contribution in [0.2, 0.25) is 0 Å². The van der Waals surface area contributed by atoms with E-state index in [1.54, 1.807) is 12.1 Å². The molecule has 0 fully saturated rings. The fourth-order valence-corrected chi connectivity index (χ4v) is 1.99. The molecular formula is C15H14F3N. The number of aryl methyl sites for hydroxylation is 1. The molecule has 4 heteroatoms. The highest BCUT2D eigenvalue weighted by Gasteiger charge is 2.37. The molecule has 0 aliphatic carbocycles. The molecule has 0 aliphatic rings. The number of hydrogen-bond acceptors (Lipinski definition) is 1. The Kier molecular flexibility index (Phi) is 3.62. The largest absolute Gasteiger partial charge is 0.407 e. The molecule has 2 aromatic carbocycles. The molecule has 0 aliphatic heterocycles. The lowest BCUT2D eigenvalue weighted by molar-refractivity contribution is -0.149. The summed E-state index contributed by atoms with van der Waals surface area (Å²) in [6, 6.07) is 11.9. The number of rotatable bonds is 2. The van der Waals surface area contributed by atoms with Crippen LogP contribution in [0.1, 0.15) is 17.2 Å². The fraction of sp³-hybridized carbons (Fsp3) is 0.200. The van der Waals surface area contributed by atoms with Gasteiger partial charge in [-0.2, -0.15) is 13.2 Å². The summed E-state index contributed by atoms with van der Waals surface area (Å²) >= 11 is 0. The van der Waals surface area contributed by atoms with Crippen LogP contribution in [0.25, 0.3) is 11.1 Å². The van der Waals surface area contributed by atoms with Gasteiger partial charge in [-0.15, -0.1) is 0 Å². The number of hydrogen-bond donors (Lipinski definition) is 1. The standard InChI is InChI=1S/C15H14F3N/c1-10-5-2-3-8-13(10)11-6-4-7-12(9-11)14(19)15(16,17)18/h2-9,14H,19H2,1H3. The van der Waals surface area contributed by atoms with Gasteiger partial charge < -0.3 is 5.73 Å². The maximum atomic E-state index is 12.6. The average Bonchev–Trinajstić information content (AvgIpc) is 2.37. The number of alkyl halides is 3. The molecule has 0 bridgehead atoms. The van der Waals surface area contributed by atoms with Crippen molar-refractivity contribution in [1.82, 2.24) is 0 Å². The quantitative estimate of drug-likeness (QED) is 0.864. The Morgan fingerprint density at radius 3 is 2.32 bits per heavy atom. The first kappa shape index (κ1) is 13.6. The zero-order valence-electron chi connectivity index (χ0n) is 10.4. The molecule has 0 aromatic heterocycles. The Balaban J connectivity index is 2.43. The Labute approximate surface area is 109 Å². The second kappa shape index (κ2) is 5.05. The zero-order valence-corrected chi connectivity index (χ0v) is 10.4. The first-order chi connectivity index (χ1) is 8.89. The van der Waals surface area contributed by atoms with Gasteiger partial charge >= 0.3 is 6.18 Å². The summed E-state index contributed by atoms with van der Waals surface area (Å²) in [6.45, 7) is 1.92. The molecule has 1 atom stereocenters. The summed E-state index contributed by atoms with van der Waals surface area (Å²) in [5.41, 5.74) is 7.98. The third kappa shape index (κ3) is 2.96. The highest BCUT2D eigenvalue weighted by Crippen LogP contribution is 2.32. The number of halogens is 3. The van der Waals surface area contributed by atoms with Gasteiger partial charge in [0, 0.05) is 0 Å². The third-order valence-electron chi connectivity index (χ3n) is 3.05. The molecule has 0 radical (unpaired) electrons. The third-order valence-corrected chi connectivity index (χ3v) is 3.05. The number of nitrogens with two attached hydrogens (primary N) is 1. The Morgan fingerprint density at radius 1 is 1.00 bits per heavy atom. The number of benzene rings is 2. The predicted molar refractivity (Wildman–Crippen MR) is 69.6 cm³/mol. The van der Waals surface area contributed by atoms with E-state index in [1.165, 1.54) is 12.1 Å². The van der Waals surface area contributed by atoms with E-state index in [2.05, 4.69) is 0 Å². The normalized spacial score (nSPS) is 13.3. The molecule has 0 amide bonds. The van der Waals surface area contributed by atoms with Crippen LogP contribution >= 0.6 is 0 Å². The van der Waals surface area contributed by atoms with E-state index in [1.807, 2.05) is 31.2 Å². The average molecular weight is 265 g/mol. The van der Waals surface area contributed by atoms with Gasteiger partial charge in [0.15, 0.2) is 0 Å². The molecule has 2 aromatic rings. The van der Waals surface area contributed by atoms with E-state index in [9.17, 15) is 13.2 Å². The van der Waals surface area contributed by atoms with Crippen molar-refractivity contribution in [2.75, 3.05) is 0 Å². The van der Waals surface area contributed by atoms with Crippen LogP contribution in [0.15, 0.2) is 48.5 Å². The van der Waals surface area contributed by atoms with Crippen molar-refractivity contribution < 1.29 is 13.2 Å². The zero-order chi connectivity index (χ0) is 14.0. The van der Waals surface area contributed by atoms with Crippen molar-refractivity contribution >= 4 is 0 Å². The minimum absolute atomic E-state index is 0.0771. The Bertz CT molecular complexity index is 576. The van der Waals surface area contributed by atoms with E-state index in [4.69, 9.17) is 5.73 Å². The van der Waals surface area contributed by atoms with Crippen molar-refractivity contribution in [3.05, 3.63) is 59.7 Å². The van der Waals surface area contributed by atoms with Crippen LogP contribution in [0.4, 0.5) is 13.2 Å². The van der Waals surface area contributed by atoms with Gasteiger partial charge in [0.1, 0.15) is 6.04 Å². The first-order valence-corrected chi connectivity index (χ1v) is 5.88. The van der Waals surface area contributed by atoms with Crippen molar-refractivity contribution in [2.45, 2.75) is 19.1 Å². The minimum Gasteiger partial charge on any atom is -0.316 e. The lowest BCUT2D eigenvalue weighted by Gasteiger charge is -2.17. The maximum absolute atomic E-state index is 12.6. The molecule has 1 unspecified atom stereocenters. The summed E-state index contributed by atoms with van der Waals surface area (Å²) in [5.74, 6) is 0. The minimum atomic E-state index is -4.43. The summed E-state index contributed by atoms with van der Waals surface area (Å²) in [5, 5.41) is 0. The van der Waals surface area contributed by atoms with Crippen molar-refractivity contribution in [1.29, 1.82) is 0 Å². The molecule has 0 heterocycles. The second-order valence-corrected chi connectivity index (χ2v) is 4.46. The van der Waals surface area contributed by atoms with Gasteiger partial charge in [-0.1, -0.05) is 42.5 Å². The molecule has 0 saturated heterocycles. The van der Waals surface area contributed by atoms with Gasteiger partial charge in [-0.05, 0) is 35.2 Å². The summed E-state index contributed by atoms with van der Waals surface area (Å²) in [4.78, 5) is 0.